The number of amides is 2. The molecule has 0 aliphatic rings. The SMILES string of the molecule is C#CCNC(=O)OC(C)(C)C.CC(C)(C)OC(=O)NCC#Cc1cnccc1Cl.Clc1ccncc1Br. The predicted molar refractivity (Wildman–Crippen MR) is 150 cm³/mol. The Balaban J connectivity index is 0.000000579. The van der Waals surface area contributed by atoms with E-state index in [0.717, 1.165) is 4.47 Å². The summed E-state index contributed by atoms with van der Waals surface area (Å²) in [5.74, 6) is 7.86. The Morgan fingerprint density at radius 3 is 1.81 bits per heavy atom. The summed E-state index contributed by atoms with van der Waals surface area (Å²) in [7, 11) is 0. The normalized spacial score (nSPS) is 9.95. The standard InChI is InChI=1S/C13H15ClN2O2.C8H13NO2.C5H3BrClN/c1-13(2,3)18-12(17)16-7-4-5-10-9-15-8-6-11(10)14;1-5-6-9-7(10)11-8(2,3)4;6-4-3-8-2-1-5(4)7/h6,8-9H,7H2,1-3H3,(H,16,17);1H,6H2,2-4H3,(H,9,10);1-3H. The molecular formula is C26H31BrCl2N4O4. The number of rotatable bonds is 2. The largest absolute Gasteiger partial charge is 0.444 e. The van der Waals surface area contributed by atoms with E-state index < -0.39 is 23.4 Å². The summed E-state index contributed by atoms with van der Waals surface area (Å²) in [5.41, 5.74) is -0.340. The number of terminal acetylenes is 1. The maximum atomic E-state index is 11.3. The zero-order valence-electron chi connectivity index (χ0n) is 21.6. The molecule has 2 aromatic rings. The summed E-state index contributed by atoms with van der Waals surface area (Å²) in [4.78, 5) is 29.8. The molecule has 0 saturated carbocycles. The van der Waals surface area contributed by atoms with Crippen molar-refractivity contribution in [1.82, 2.24) is 20.6 Å². The first-order chi connectivity index (χ1) is 17.1. The van der Waals surface area contributed by atoms with Crippen LogP contribution in [0, 0.1) is 24.2 Å². The molecule has 0 aliphatic heterocycles. The molecule has 0 fully saturated rings. The molecule has 2 rings (SSSR count). The second-order valence-electron chi connectivity index (χ2n) is 8.86. The second-order valence-corrected chi connectivity index (χ2v) is 10.5. The minimum absolute atomic E-state index is 0.195. The molecule has 0 aliphatic carbocycles. The van der Waals surface area contributed by atoms with Crippen LogP contribution < -0.4 is 10.6 Å². The van der Waals surface area contributed by atoms with Crippen LogP contribution in [0.15, 0.2) is 41.4 Å². The number of nitrogens with zero attached hydrogens (tertiary/aromatic N) is 2. The van der Waals surface area contributed by atoms with E-state index in [0.29, 0.717) is 15.6 Å². The molecule has 8 nitrogen and oxygen atoms in total. The van der Waals surface area contributed by atoms with E-state index in [2.05, 4.69) is 54.3 Å². The number of hydrogen-bond donors (Lipinski definition) is 2. The first-order valence-corrected chi connectivity index (χ1v) is 12.4. The van der Waals surface area contributed by atoms with Crippen LogP contribution in [0.25, 0.3) is 0 Å². The number of ether oxygens (including phenoxy) is 2. The Hall–Kier alpha value is -2.98. The van der Waals surface area contributed by atoms with Crippen molar-refractivity contribution in [2.24, 2.45) is 0 Å². The molecule has 2 amide bonds. The number of carbonyl (C=O) groups excluding carboxylic acids is 2. The average Bonchev–Trinajstić information content (AvgIpc) is 2.77. The highest BCUT2D eigenvalue weighted by atomic mass is 79.9. The van der Waals surface area contributed by atoms with E-state index >= 15 is 0 Å². The molecule has 0 unspecified atom stereocenters. The van der Waals surface area contributed by atoms with Crippen LogP contribution in [0.3, 0.4) is 0 Å². The van der Waals surface area contributed by atoms with Crippen LogP contribution in [0.5, 0.6) is 0 Å². The lowest BCUT2D eigenvalue weighted by molar-refractivity contribution is 0.0523. The molecule has 11 heteroatoms. The van der Waals surface area contributed by atoms with Gasteiger partial charge < -0.3 is 20.1 Å². The molecule has 0 bridgehead atoms. The number of halogens is 3. The first-order valence-electron chi connectivity index (χ1n) is 10.8. The number of hydrogen-bond acceptors (Lipinski definition) is 6. The number of aromatic nitrogens is 2. The molecule has 2 heterocycles. The first kappa shape index (κ1) is 34.0. The van der Waals surface area contributed by atoms with E-state index in [1.807, 2.05) is 0 Å². The Morgan fingerprint density at radius 1 is 0.919 bits per heavy atom. The Kier molecular flexibility index (Phi) is 16.1. The zero-order chi connectivity index (χ0) is 28.5. The number of pyridine rings is 2. The highest BCUT2D eigenvalue weighted by molar-refractivity contribution is 9.10. The fraction of sp³-hybridized carbons (Fsp3) is 0.385. The smallest absolute Gasteiger partial charge is 0.408 e. The quantitative estimate of drug-likeness (QED) is 0.388. The van der Waals surface area contributed by atoms with Gasteiger partial charge in [-0.3, -0.25) is 9.97 Å². The number of carbonyl (C=O) groups is 2. The molecule has 0 atom stereocenters. The highest BCUT2D eigenvalue weighted by Crippen LogP contribution is 2.18. The molecule has 0 radical (unpaired) electrons. The van der Waals surface area contributed by atoms with Crippen molar-refractivity contribution in [3.05, 3.63) is 57.0 Å². The van der Waals surface area contributed by atoms with Crippen molar-refractivity contribution < 1.29 is 19.1 Å². The van der Waals surface area contributed by atoms with Gasteiger partial charge in [-0.25, -0.2) is 9.59 Å². The molecule has 2 N–H and O–H groups in total. The van der Waals surface area contributed by atoms with Crippen LogP contribution in [0.1, 0.15) is 47.1 Å². The molecule has 0 saturated heterocycles. The van der Waals surface area contributed by atoms with Crippen molar-refractivity contribution in [3.8, 4) is 24.2 Å². The molecule has 200 valence electrons. The van der Waals surface area contributed by atoms with E-state index in [4.69, 9.17) is 39.1 Å². The van der Waals surface area contributed by atoms with Crippen LogP contribution in [-0.4, -0.2) is 46.4 Å². The van der Waals surface area contributed by atoms with Crippen molar-refractivity contribution >= 4 is 51.3 Å². The van der Waals surface area contributed by atoms with Crippen molar-refractivity contribution in [2.45, 2.75) is 52.7 Å². The zero-order valence-corrected chi connectivity index (χ0v) is 24.7. The van der Waals surface area contributed by atoms with E-state index in [-0.39, 0.29) is 13.1 Å². The minimum atomic E-state index is -0.510. The van der Waals surface area contributed by atoms with Gasteiger partial charge in [0.25, 0.3) is 0 Å². The van der Waals surface area contributed by atoms with E-state index in [1.165, 1.54) is 0 Å². The van der Waals surface area contributed by atoms with Crippen LogP contribution in [-0.2, 0) is 9.47 Å². The van der Waals surface area contributed by atoms with Gasteiger partial charge in [-0.05, 0) is 69.6 Å². The number of nitrogens with one attached hydrogen (secondary N) is 2. The van der Waals surface area contributed by atoms with Crippen molar-refractivity contribution in [1.29, 1.82) is 0 Å². The molecule has 37 heavy (non-hydrogen) atoms. The fourth-order valence-corrected chi connectivity index (χ4v) is 2.34. The molecule has 0 spiro atoms. The van der Waals surface area contributed by atoms with Gasteiger partial charge in [0.2, 0.25) is 0 Å². The molecule has 0 aromatic carbocycles. The second kappa shape index (κ2) is 17.5. The maximum absolute atomic E-state index is 11.3. The van der Waals surface area contributed by atoms with Gasteiger partial charge in [-0.1, -0.05) is 41.0 Å². The lowest BCUT2D eigenvalue weighted by atomic mass is 10.2. The van der Waals surface area contributed by atoms with Crippen molar-refractivity contribution in [3.63, 3.8) is 0 Å². The predicted octanol–water partition coefficient (Wildman–Crippen LogP) is 6.25. The Morgan fingerprint density at radius 2 is 1.41 bits per heavy atom. The van der Waals surface area contributed by atoms with E-state index in [1.54, 1.807) is 78.5 Å². The minimum Gasteiger partial charge on any atom is -0.444 e. The van der Waals surface area contributed by atoms with Gasteiger partial charge in [-0.15, -0.1) is 6.42 Å². The van der Waals surface area contributed by atoms with Gasteiger partial charge in [-0.2, -0.15) is 0 Å². The topological polar surface area (TPSA) is 102 Å². The van der Waals surface area contributed by atoms with Crippen LogP contribution >= 0.6 is 39.1 Å². The Bertz CT molecular complexity index is 1090. The Labute approximate surface area is 237 Å². The van der Waals surface area contributed by atoms with Gasteiger partial charge in [0, 0.05) is 24.8 Å². The van der Waals surface area contributed by atoms with Gasteiger partial charge in [0.15, 0.2) is 0 Å². The monoisotopic (exact) mass is 612 g/mol. The fourth-order valence-electron chi connectivity index (χ4n) is 1.84. The van der Waals surface area contributed by atoms with Crippen LogP contribution in [0.2, 0.25) is 10.0 Å². The highest BCUT2D eigenvalue weighted by Gasteiger charge is 2.15. The average molecular weight is 614 g/mol. The van der Waals surface area contributed by atoms with E-state index in [9.17, 15) is 9.59 Å². The third-order valence-electron chi connectivity index (χ3n) is 3.17. The van der Waals surface area contributed by atoms with Gasteiger partial charge >= 0.3 is 12.2 Å². The molecule has 2 aromatic heterocycles. The van der Waals surface area contributed by atoms with Gasteiger partial charge in [0.05, 0.1) is 33.2 Å². The lowest BCUT2D eigenvalue weighted by Gasteiger charge is -2.19. The maximum Gasteiger partial charge on any atom is 0.408 e. The summed E-state index contributed by atoms with van der Waals surface area (Å²) in [6, 6.07) is 3.39. The summed E-state index contributed by atoms with van der Waals surface area (Å²) in [6.07, 6.45) is 10.4. The number of alkyl carbamates (subject to hydrolysis) is 2. The van der Waals surface area contributed by atoms with Gasteiger partial charge in [0.1, 0.15) is 11.2 Å². The van der Waals surface area contributed by atoms with Crippen molar-refractivity contribution in [2.75, 3.05) is 13.1 Å². The summed E-state index contributed by atoms with van der Waals surface area (Å²) in [5, 5.41) is 6.15. The summed E-state index contributed by atoms with van der Waals surface area (Å²) in [6.45, 7) is 11.2. The third-order valence-corrected chi connectivity index (χ3v) is 4.69. The van der Waals surface area contributed by atoms with Crippen LogP contribution in [0.4, 0.5) is 9.59 Å². The third kappa shape index (κ3) is 19.8. The lowest BCUT2D eigenvalue weighted by Crippen LogP contribution is -2.32. The summed E-state index contributed by atoms with van der Waals surface area (Å²) >= 11 is 14.7. The summed E-state index contributed by atoms with van der Waals surface area (Å²) < 4.78 is 10.8. The molecular weight excluding hydrogens is 583 g/mol.